The molecule has 0 saturated heterocycles. The first-order valence-electron chi connectivity index (χ1n) is 16.9. The number of aliphatic imine (C=N–C) groups is 4. The second-order valence-corrected chi connectivity index (χ2v) is 12.8. The van der Waals surface area contributed by atoms with Crippen LogP contribution >= 0.6 is 0 Å². The van der Waals surface area contributed by atoms with Crippen molar-refractivity contribution in [3.63, 3.8) is 0 Å². The summed E-state index contributed by atoms with van der Waals surface area (Å²) >= 11 is 0. The molecular formula is C46H32N4. The highest BCUT2D eigenvalue weighted by Crippen LogP contribution is 2.38. The fraction of sp³-hybridized carbons (Fsp3) is 0.0435. The van der Waals surface area contributed by atoms with Crippen LogP contribution in [0.5, 0.6) is 0 Å². The lowest BCUT2D eigenvalue weighted by Gasteiger charge is -2.13. The van der Waals surface area contributed by atoms with Crippen LogP contribution in [-0.4, -0.2) is 22.8 Å². The lowest BCUT2D eigenvalue weighted by molar-refractivity contribution is 1.40. The van der Waals surface area contributed by atoms with E-state index >= 15 is 0 Å². The lowest BCUT2D eigenvalue weighted by atomic mass is 9.98. The largest absolute Gasteiger partial charge is 0.248 e. The van der Waals surface area contributed by atoms with Gasteiger partial charge in [-0.15, -0.1) is 0 Å². The van der Waals surface area contributed by atoms with E-state index in [1.165, 1.54) is 11.1 Å². The minimum absolute atomic E-state index is 0.862. The molecule has 0 saturated carbocycles. The molecule has 5 aliphatic rings. The van der Waals surface area contributed by atoms with Crippen molar-refractivity contribution in [3.8, 4) is 0 Å². The predicted octanol–water partition coefficient (Wildman–Crippen LogP) is 10.3. The van der Waals surface area contributed by atoms with Gasteiger partial charge in [0.05, 0.1) is 45.6 Å². The molecule has 9 rings (SSSR count). The van der Waals surface area contributed by atoms with E-state index < -0.39 is 0 Å². The Hall–Kier alpha value is -6.52. The van der Waals surface area contributed by atoms with Crippen LogP contribution in [0.1, 0.15) is 33.4 Å². The molecule has 8 bridgehead atoms. The van der Waals surface area contributed by atoms with Gasteiger partial charge in [0.1, 0.15) is 0 Å². The first kappa shape index (κ1) is 29.6. The van der Waals surface area contributed by atoms with E-state index in [0.717, 1.165) is 90.2 Å². The van der Waals surface area contributed by atoms with Gasteiger partial charge in [-0.2, -0.15) is 0 Å². The van der Waals surface area contributed by atoms with Crippen LogP contribution in [-0.2, 0) is 0 Å². The number of benzene rings is 4. The van der Waals surface area contributed by atoms with Crippen molar-refractivity contribution in [2.75, 3.05) is 0 Å². The third-order valence-electron chi connectivity index (χ3n) is 9.41. The number of hydrogen-bond acceptors (Lipinski definition) is 4. The van der Waals surface area contributed by atoms with Gasteiger partial charge < -0.3 is 0 Å². The van der Waals surface area contributed by atoms with Crippen molar-refractivity contribution in [1.29, 1.82) is 0 Å². The molecule has 0 amide bonds. The maximum atomic E-state index is 5.34. The average Bonchev–Trinajstić information content (AvgIpc) is 3.98. The number of allylic oxidation sites excluding steroid dienone is 12. The van der Waals surface area contributed by atoms with E-state index in [2.05, 4.69) is 160 Å². The Kier molecular flexibility index (Phi) is 7.21. The van der Waals surface area contributed by atoms with E-state index in [1.54, 1.807) is 0 Å². The molecule has 4 aromatic carbocycles. The summed E-state index contributed by atoms with van der Waals surface area (Å²) in [4.78, 5) is 21.4. The zero-order valence-corrected chi connectivity index (χ0v) is 27.8. The van der Waals surface area contributed by atoms with Gasteiger partial charge in [0.15, 0.2) is 0 Å². The highest BCUT2D eigenvalue weighted by molar-refractivity contribution is 6.39. The van der Waals surface area contributed by atoms with E-state index in [9.17, 15) is 0 Å². The SMILES string of the molecule is Cc1ccc(C2=C3C=CC(=N3)C(c3ccccc3)=C3C=CC(=N3)C(c3ccc(C)cc3)=C3C=CC(=N3)C(c3ccccc3)=C3C=CC2=N3)cc1. The number of hydrogen-bond donors (Lipinski definition) is 0. The van der Waals surface area contributed by atoms with Crippen molar-refractivity contribution in [2.24, 2.45) is 20.0 Å². The van der Waals surface area contributed by atoms with Crippen LogP contribution in [0.25, 0.3) is 22.3 Å². The fourth-order valence-electron chi connectivity index (χ4n) is 6.92. The van der Waals surface area contributed by atoms with Gasteiger partial charge in [0.25, 0.3) is 0 Å². The van der Waals surface area contributed by atoms with E-state index in [0.29, 0.717) is 0 Å². The van der Waals surface area contributed by atoms with Crippen molar-refractivity contribution in [1.82, 2.24) is 0 Å². The average molecular weight is 641 g/mol. The highest BCUT2D eigenvalue weighted by atomic mass is 14.9. The first-order valence-corrected chi connectivity index (χ1v) is 16.9. The summed E-state index contributed by atoms with van der Waals surface area (Å²) in [5, 5.41) is 0. The number of aryl methyl sites for hydroxylation is 2. The molecule has 4 aromatic rings. The molecule has 0 aliphatic carbocycles. The van der Waals surface area contributed by atoms with Crippen molar-refractivity contribution in [3.05, 3.63) is 214 Å². The zero-order valence-electron chi connectivity index (χ0n) is 27.8. The molecule has 50 heavy (non-hydrogen) atoms. The summed E-state index contributed by atoms with van der Waals surface area (Å²) < 4.78 is 0. The Balaban J connectivity index is 1.37. The molecule has 236 valence electrons. The Morgan fingerprint density at radius 1 is 0.280 bits per heavy atom. The minimum atomic E-state index is 0.862. The molecule has 5 aliphatic heterocycles. The molecule has 0 spiro atoms. The van der Waals surface area contributed by atoms with Crippen LogP contribution in [0.3, 0.4) is 0 Å². The monoisotopic (exact) mass is 640 g/mol. The molecule has 0 atom stereocenters. The summed E-state index contributed by atoms with van der Waals surface area (Å²) in [6.07, 6.45) is 16.9. The van der Waals surface area contributed by atoms with Gasteiger partial charge in [0.2, 0.25) is 0 Å². The maximum Gasteiger partial charge on any atom is 0.0738 e. The lowest BCUT2D eigenvalue weighted by Crippen LogP contribution is -2.03. The van der Waals surface area contributed by atoms with Crippen LogP contribution < -0.4 is 0 Å². The molecule has 0 N–H and O–H groups in total. The molecule has 0 aromatic heterocycles. The second kappa shape index (κ2) is 12.2. The van der Waals surface area contributed by atoms with Crippen LogP contribution in [0.2, 0.25) is 0 Å². The zero-order chi connectivity index (χ0) is 33.6. The Labute approximate surface area is 292 Å². The summed E-state index contributed by atoms with van der Waals surface area (Å²) in [6, 6.07) is 38.1. The number of fused-ring (bicyclic) bond motifs is 4. The Bertz CT molecular complexity index is 2290. The highest BCUT2D eigenvalue weighted by Gasteiger charge is 2.27. The third-order valence-corrected chi connectivity index (χ3v) is 9.41. The first-order chi connectivity index (χ1) is 24.6. The van der Waals surface area contributed by atoms with E-state index in [-0.39, 0.29) is 0 Å². The van der Waals surface area contributed by atoms with E-state index in [1.807, 2.05) is 12.1 Å². The van der Waals surface area contributed by atoms with Gasteiger partial charge in [0, 0.05) is 22.3 Å². The summed E-state index contributed by atoms with van der Waals surface area (Å²) in [5.74, 6) is 0. The third kappa shape index (κ3) is 5.28. The molecule has 4 heteroatoms. The fourth-order valence-corrected chi connectivity index (χ4v) is 6.92. The van der Waals surface area contributed by atoms with Crippen LogP contribution in [0.4, 0.5) is 0 Å². The molecule has 0 fully saturated rings. The Morgan fingerprint density at radius 2 is 0.540 bits per heavy atom. The molecule has 0 unspecified atom stereocenters. The molecule has 4 nitrogen and oxygen atoms in total. The van der Waals surface area contributed by atoms with E-state index in [4.69, 9.17) is 20.0 Å². The second-order valence-electron chi connectivity index (χ2n) is 12.8. The van der Waals surface area contributed by atoms with Gasteiger partial charge >= 0.3 is 0 Å². The number of nitrogens with zero attached hydrogens (tertiary/aromatic N) is 4. The summed E-state index contributed by atoms with van der Waals surface area (Å²) in [6.45, 7) is 4.22. The van der Waals surface area contributed by atoms with Crippen molar-refractivity contribution >= 4 is 45.1 Å². The van der Waals surface area contributed by atoms with Crippen LogP contribution in [0, 0.1) is 13.8 Å². The van der Waals surface area contributed by atoms with Gasteiger partial charge in [-0.05, 0) is 84.7 Å². The number of rotatable bonds is 4. The quantitative estimate of drug-likeness (QED) is 0.213. The van der Waals surface area contributed by atoms with Gasteiger partial charge in [-0.1, -0.05) is 120 Å². The molecular weight excluding hydrogens is 609 g/mol. The summed E-state index contributed by atoms with van der Waals surface area (Å²) in [7, 11) is 0. The minimum Gasteiger partial charge on any atom is -0.248 e. The molecule has 0 radical (unpaired) electrons. The normalized spacial score (nSPS) is 17.6. The predicted molar refractivity (Wildman–Crippen MR) is 209 cm³/mol. The van der Waals surface area contributed by atoms with Gasteiger partial charge in [-0.25, -0.2) is 20.0 Å². The topological polar surface area (TPSA) is 49.4 Å². The standard InChI is InChI=1S/C46H32N4/c1-29-13-17-33(18-14-29)45-39-25-21-35(47-39)43(31-9-5-3-6-10-31)37-23-27-41(49-37)46(34-19-15-30(2)16-20-34)42-28-24-38(50-42)44(32-11-7-4-8-12-32)36-22-26-40(45)48-36/h3-28H,1-2H3. The maximum absolute atomic E-state index is 5.34. The summed E-state index contributed by atoms with van der Waals surface area (Å²) in [5.41, 5.74) is 17.5. The van der Waals surface area contributed by atoms with Crippen molar-refractivity contribution < 1.29 is 0 Å². The smallest absolute Gasteiger partial charge is 0.0738 e. The van der Waals surface area contributed by atoms with Crippen LogP contribution in [0.15, 0.2) is 201 Å². The molecule has 5 heterocycles. The Morgan fingerprint density at radius 3 is 0.820 bits per heavy atom. The van der Waals surface area contributed by atoms with Gasteiger partial charge in [-0.3, -0.25) is 0 Å². The van der Waals surface area contributed by atoms with Crippen molar-refractivity contribution in [2.45, 2.75) is 13.8 Å².